The summed E-state index contributed by atoms with van der Waals surface area (Å²) in [5, 5.41) is 3.45. The number of nitrogens with one attached hydrogen (secondary N) is 1. The van der Waals surface area contributed by atoms with Crippen LogP contribution in [0.3, 0.4) is 0 Å². The molecule has 19 heavy (non-hydrogen) atoms. The number of fused-ring (bicyclic) bond motifs is 1. The molecule has 3 rings (SSSR count). The van der Waals surface area contributed by atoms with Gasteiger partial charge in [-0.25, -0.2) is 0 Å². The molecule has 0 fully saturated rings. The van der Waals surface area contributed by atoms with E-state index in [4.69, 9.17) is 4.74 Å². The highest BCUT2D eigenvalue weighted by atomic mass is 16.5. The van der Waals surface area contributed by atoms with Gasteiger partial charge in [-0.05, 0) is 29.7 Å². The third kappa shape index (κ3) is 2.58. The smallest absolute Gasteiger partial charge is 0.142 e. The van der Waals surface area contributed by atoms with Crippen molar-refractivity contribution in [2.45, 2.75) is 25.9 Å². The quantitative estimate of drug-likeness (QED) is 0.901. The first kappa shape index (κ1) is 12.1. The van der Waals surface area contributed by atoms with Crippen LogP contribution in [0.25, 0.3) is 0 Å². The zero-order chi connectivity index (χ0) is 13.1. The lowest BCUT2D eigenvalue weighted by molar-refractivity contribution is 0.206. The minimum absolute atomic E-state index is 0.211. The van der Waals surface area contributed by atoms with Gasteiger partial charge in [0.05, 0.1) is 12.2 Å². The van der Waals surface area contributed by atoms with E-state index < -0.39 is 0 Å². The minimum atomic E-state index is 0.211. The van der Waals surface area contributed by atoms with Crippen molar-refractivity contribution in [3.8, 4) is 5.75 Å². The zero-order valence-corrected chi connectivity index (χ0v) is 11.2. The minimum Gasteiger partial charge on any atom is -0.486 e. The lowest BCUT2D eigenvalue weighted by atomic mass is 9.99. The fraction of sp³-hybridized carbons (Fsp3) is 0.294. The summed E-state index contributed by atoms with van der Waals surface area (Å²) in [6, 6.07) is 16.8. The monoisotopic (exact) mass is 253 g/mol. The largest absolute Gasteiger partial charge is 0.486 e. The number of benzene rings is 2. The first-order valence-corrected chi connectivity index (χ1v) is 6.93. The van der Waals surface area contributed by atoms with Crippen molar-refractivity contribution in [2.24, 2.45) is 0 Å². The van der Waals surface area contributed by atoms with Gasteiger partial charge in [-0.15, -0.1) is 0 Å². The number of aryl methyl sites for hydroxylation is 1. The molecule has 0 saturated heterocycles. The lowest BCUT2D eigenvalue weighted by Gasteiger charge is -2.28. The van der Waals surface area contributed by atoms with Crippen molar-refractivity contribution >= 4 is 5.69 Å². The summed E-state index contributed by atoms with van der Waals surface area (Å²) in [4.78, 5) is 0. The molecule has 1 heterocycles. The van der Waals surface area contributed by atoms with Gasteiger partial charge in [0.2, 0.25) is 0 Å². The molecule has 1 N–H and O–H groups in total. The molecule has 2 nitrogen and oxygen atoms in total. The van der Waals surface area contributed by atoms with Crippen LogP contribution in [0.4, 0.5) is 5.69 Å². The summed E-state index contributed by atoms with van der Waals surface area (Å²) in [5.41, 5.74) is 3.92. The van der Waals surface area contributed by atoms with Crippen molar-refractivity contribution in [1.82, 2.24) is 0 Å². The van der Waals surface area contributed by atoms with Gasteiger partial charge >= 0.3 is 0 Å². The van der Waals surface area contributed by atoms with Crippen LogP contribution in [0, 0.1) is 0 Å². The van der Waals surface area contributed by atoms with Crippen molar-refractivity contribution in [3.05, 3.63) is 59.7 Å². The van der Waals surface area contributed by atoms with E-state index in [1.165, 1.54) is 11.1 Å². The van der Waals surface area contributed by atoms with Crippen molar-refractivity contribution < 1.29 is 4.74 Å². The summed E-state index contributed by atoms with van der Waals surface area (Å²) in [7, 11) is 0. The highest BCUT2D eigenvalue weighted by molar-refractivity contribution is 5.57. The molecule has 0 bridgehead atoms. The molecule has 1 aliphatic rings. The van der Waals surface area contributed by atoms with Gasteiger partial charge in [-0.1, -0.05) is 43.3 Å². The first-order valence-electron chi connectivity index (χ1n) is 6.93. The van der Waals surface area contributed by atoms with Gasteiger partial charge in [0, 0.05) is 6.42 Å². The molecular formula is C17H19NO. The molecule has 1 aliphatic heterocycles. The van der Waals surface area contributed by atoms with Crippen LogP contribution in [-0.4, -0.2) is 12.6 Å². The van der Waals surface area contributed by atoms with Crippen LogP contribution in [0.1, 0.15) is 18.1 Å². The first-order chi connectivity index (χ1) is 9.36. The average Bonchev–Trinajstić information content (AvgIpc) is 2.48. The molecule has 1 unspecified atom stereocenters. The Kier molecular flexibility index (Phi) is 3.41. The van der Waals surface area contributed by atoms with Gasteiger partial charge in [-0.2, -0.15) is 0 Å². The second-order valence-electron chi connectivity index (χ2n) is 4.94. The molecule has 1 atom stereocenters. The van der Waals surface area contributed by atoms with Crippen LogP contribution in [-0.2, 0) is 12.8 Å². The van der Waals surface area contributed by atoms with Gasteiger partial charge in [0.1, 0.15) is 11.9 Å². The SMILES string of the molecule is CCc1ccccc1CC1CNc2ccccc2O1. The van der Waals surface area contributed by atoms with Crippen LogP contribution >= 0.6 is 0 Å². The molecule has 0 amide bonds. The van der Waals surface area contributed by atoms with Crippen molar-refractivity contribution in [3.63, 3.8) is 0 Å². The number of hydrogen-bond donors (Lipinski definition) is 1. The maximum Gasteiger partial charge on any atom is 0.142 e. The van der Waals surface area contributed by atoms with Crippen molar-refractivity contribution in [2.75, 3.05) is 11.9 Å². The van der Waals surface area contributed by atoms with E-state index in [1.807, 2.05) is 18.2 Å². The van der Waals surface area contributed by atoms with E-state index in [2.05, 4.69) is 42.6 Å². The summed E-state index contributed by atoms with van der Waals surface area (Å²) < 4.78 is 6.07. The fourth-order valence-electron chi connectivity index (χ4n) is 2.62. The van der Waals surface area contributed by atoms with E-state index in [1.54, 1.807) is 0 Å². The summed E-state index contributed by atoms with van der Waals surface area (Å²) in [6.45, 7) is 3.07. The number of rotatable bonds is 3. The van der Waals surface area contributed by atoms with E-state index >= 15 is 0 Å². The van der Waals surface area contributed by atoms with Crippen LogP contribution in [0.5, 0.6) is 5.75 Å². The summed E-state index contributed by atoms with van der Waals surface area (Å²) in [6.07, 6.45) is 2.25. The zero-order valence-electron chi connectivity index (χ0n) is 11.2. The molecular weight excluding hydrogens is 234 g/mol. The second kappa shape index (κ2) is 5.35. The molecule has 0 saturated carbocycles. The van der Waals surface area contributed by atoms with E-state index in [0.717, 1.165) is 30.8 Å². The van der Waals surface area contributed by atoms with E-state index in [9.17, 15) is 0 Å². The summed E-state index contributed by atoms with van der Waals surface area (Å²) in [5.74, 6) is 0.965. The van der Waals surface area contributed by atoms with Crippen molar-refractivity contribution in [1.29, 1.82) is 0 Å². The standard InChI is InChI=1S/C17H19NO/c1-2-13-7-3-4-8-14(13)11-15-12-18-16-9-5-6-10-17(16)19-15/h3-10,15,18H,2,11-12H2,1H3. The highest BCUT2D eigenvalue weighted by Crippen LogP contribution is 2.29. The Labute approximate surface area is 114 Å². The lowest BCUT2D eigenvalue weighted by Crippen LogP contribution is -2.32. The highest BCUT2D eigenvalue weighted by Gasteiger charge is 2.19. The number of para-hydroxylation sites is 2. The van der Waals surface area contributed by atoms with Gasteiger partial charge in [0.15, 0.2) is 0 Å². The normalized spacial score (nSPS) is 17.2. The molecule has 0 aliphatic carbocycles. The Hall–Kier alpha value is -1.96. The Morgan fingerprint density at radius 2 is 1.79 bits per heavy atom. The molecule has 0 spiro atoms. The molecule has 2 aromatic rings. The second-order valence-corrected chi connectivity index (χ2v) is 4.94. The predicted octanol–water partition coefficient (Wildman–Crippen LogP) is 3.66. The maximum atomic E-state index is 6.07. The third-order valence-corrected chi connectivity index (χ3v) is 3.65. The maximum absolute atomic E-state index is 6.07. The average molecular weight is 253 g/mol. The Balaban J connectivity index is 1.75. The Morgan fingerprint density at radius 1 is 1.05 bits per heavy atom. The predicted molar refractivity (Wildman–Crippen MR) is 78.9 cm³/mol. The molecule has 2 aromatic carbocycles. The number of hydrogen-bond acceptors (Lipinski definition) is 2. The number of ether oxygens (including phenoxy) is 1. The molecule has 0 radical (unpaired) electrons. The molecule has 0 aromatic heterocycles. The van der Waals surface area contributed by atoms with Crippen LogP contribution in [0.15, 0.2) is 48.5 Å². The van der Waals surface area contributed by atoms with Crippen LogP contribution < -0.4 is 10.1 Å². The van der Waals surface area contributed by atoms with E-state index in [0.29, 0.717) is 0 Å². The topological polar surface area (TPSA) is 21.3 Å². The summed E-state index contributed by atoms with van der Waals surface area (Å²) >= 11 is 0. The molecule has 2 heteroatoms. The van der Waals surface area contributed by atoms with Gasteiger partial charge in [-0.3, -0.25) is 0 Å². The van der Waals surface area contributed by atoms with Gasteiger partial charge < -0.3 is 10.1 Å². The van der Waals surface area contributed by atoms with E-state index in [-0.39, 0.29) is 6.10 Å². The Bertz CT molecular complexity index is 565. The fourth-order valence-corrected chi connectivity index (χ4v) is 2.62. The Morgan fingerprint density at radius 3 is 2.63 bits per heavy atom. The third-order valence-electron chi connectivity index (χ3n) is 3.65. The number of anilines is 1. The molecule has 98 valence electrons. The van der Waals surface area contributed by atoms with Gasteiger partial charge in [0.25, 0.3) is 0 Å². The van der Waals surface area contributed by atoms with Crippen LogP contribution in [0.2, 0.25) is 0 Å².